The maximum Gasteiger partial charge on any atom is 0.348 e. The summed E-state index contributed by atoms with van der Waals surface area (Å²) in [5.41, 5.74) is 0.970. The molecule has 2 rings (SSSR count). The predicted molar refractivity (Wildman–Crippen MR) is 54.6 cm³/mol. The molecule has 84 valence electrons. The summed E-state index contributed by atoms with van der Waals surface area (Å²) < 4.78 is 0. The van der Waals surface area contributed by atoms with Gasteiger partial charge in [0.2, 0.25) is 6.10 Å². The molecular weight excluding hydrogens is 236 g/mol. The molecule has 1 unspecified atom stereocenters. The van der Waals surface area contributed by atoms with Crippen LogP contribution >= 0.6 is 11.3 Å². The fourth-order valence-corrected chi connectivity index (χ4v) is 1.99. The Bertz CT molecular complexity index is 481. The highest BCUT2D eigenvalue weighted by atomic mass is 32.1. The Hall–Kier alpha value is -1.96. The molecule has 0 aliphatic carbocycles. The molecule has 7 nitrogen and oxygen atoms in total. The van der Waals surface area contributed by atoms with Crippen LogP contribution in [0.2, 0.25) is 0 Å². The van der Waals surface area contributed by atoms with E-state index in [9.17, 15) is 14.9 Å². The highest BCUT2D eigenvalue weighted by molar-refractivity contribution is 7.13. The van der Waals surface area contributed by atoms with Crippen LogP contribution in [0.5, 0.6) is 0 Å². The largest absolute Gasteiger partial charge is 0.478 e. The molecule has 0 radical (unpaired) electrons. The molecule has 0 aromatic carbocycles. The third kappa shape index (κ3) is 1.87. The molecule has 1 aliphatic heterocycles. The molecule has 1 aromatic heterocycles. The van der Waals surface area contributed by atoms with Crippen molar-refractivity contribution in [3.8, 4) is 0 Å². The zero-order chi connectivity index (χ0) is 11.7. The van der Waals surface area contributed by atoms with Crippen molar-refractivity contribution in [2.75, 3.05) is 0 Å². The zero-order valence-corrected chi connectivity index (χ0v) is 8.64. The maximum atomic E-state index is 10.6. The smallest absolute Gasteiger partial charge is 0.348 e. The van der Waals surface area contributed by atoms with Crippen LogP contribution in [-0.4, -0.2) is 27.8 Å². The van der Waals surface area contributed by atoms with Gasteiger partial charge in [-0.2, -0.15) is 0 Å². The van der Waals surface area contributed by atoms with Crippen molar-refractivity contribution >= 4 is 28.0 Å². The summed E-state index contributed by atoms with van der Waals surface area (Å²) >= 11 is 0.971. The molecule has 2 heterocycles. The van der Waals surface area contributed by atoms with Gasteiger partial charge in [-0.3, -0.25) is 10.1 Å². The highest BCUT2D eigenvalue weighted by Crippen LogP contribution is 2.26. The van der Waals surface area contributed by atoms with E-state index in [1.807, 2.05) is 0 Å². The van der Waals surface area contributed by atoms with E-state index >= 15 is 0 Å². The molecule has 1 N–H and O–H groups in total. The number of aliphatic carboxylic acids is 1. The van der Waals surface area contributed by atoms with Crippen LogP contribution in [0.1, 0.15) is 12.0 Å². The van der Waals surface area contributed by atoms with Crippen LogP contribution in [0, 0.1) is 10.1 Å². The lowest BCUT2D eigenvalue weighted by atomic mass is 10.1. The highest BCUT2D eigenvalue weighted by Gasteiger charge is 2.29. The molecular formula is C8H6N2O5S. The summed E-state index contributed by atoms with van der Waals surface area (Å²) in [6.07, 6.45) is -0.864. The van der Waals surface area contributed by atoms with Gasteiger partial charge in [-0.1, -0.05) is 16.5 Å². The Morgan fingerprint density at radius 2 is 2.50 bits per heavy atom. The quantitative estimate of drug-likeness (QED) is 0.634. The van der Waals surface area contributed by atoms with Gasteiger partial charge in [0, 0.05) is 23.4 Å². The number of nitro groups is 1. The molecule has 8 heteroatoms. The third-order valence-electron chi connectivity index (χ3n) is 2.04. The first kappa shape index (κ1) is 10.6. The lowest BCUT2D eigenvalue weighted by Crippen LogP contribution is -2.19. The third-order valence-corrected chi connectivity index (χ3v) is 2.92. The van der Waals surface area contributed by atoms with E-state index in [0.29, 0.717) is 11.3 Å². The van der Waals surface area contributed by atoms with Gasteiger partial charge >= 0.3 is 11.0 Å². The number of thiophene rings is 1. The predicted octanol–water partition coefficient (Wildman–Crippen LogP) is 1.23. The van der Waals surface area contributed by atoms with Crippen molar-refractivity contribution in [1.29, 1.82) is 0 Å². The van der Waals surface area contributed by atoms with E-state index in [0.717, 1.165) is 11.3 Å². The van der Waals surface area contributed by atoms with Crippen molar-refractivity contribution < 1.29 is 19.7 Å². The number of nitrogens with zero attached hydrogens (tertiary/aromatic N) is 2. The van der Waals surface area contributed by atoms with Gasteiger partial charge in [0.15, 0.2) is 0 Å². The number of carboxylic acids is 1. The average molecular weight is 242 g/mol. The van der Waals surface area contributed by atoms with Crippen LogP contribution in [0.4, 0.5) is 5.00 Å². The number of hydrogen-bond acceptors (Lipinski definition) is 6. The summed E-state index contributed by atoms with van der Waals surface area (Å²) in [6, 6.07) is 1.36. The van der Waals surface area contributed by atoms with Gasteiger partial charge in [-0.05, 0) is 0 Å². The number of carbonyl (C=O) groups is 1. The van der Waals surface area contributed by atoms with E-state index in [1.54, 1.807) is 5.38 Å². The van der Waals surface area contributed by atoms with E-state index < -0.39 is 17.0 Å². The molecule has 1 aromatic rings. The van der Waals surface area contributed by atoms with Crippen molar-refractivity contribution in [2.45, 2.75) is 12.5 Å². The number of oxime groups is 1. The normalized spacial score (nSPS) is 19.0. The van der Waals surface area contributed by atoms with Crippen molar-refractivity contribution in [1.82, 2.24) is 0 Å². The van der Waals surface area contributed by atoms with Crippen LogP contribution in [0.3, 0.4) is 0 Å². The Morgan fingerprint density at radius 3 is 3.00 bits per heavy atom. The lowest BCUT2D eigenvalue weighted by Gasteiger charge is -1.98. The van der Waals surface area contributed by atoms with Gasteiger partial charge in [-0.15, -0.1) is 0 Å². The standard InChI is InChI=1S/C8H6N2O5S/c11-8(12)6-2-5(9-15-6)4-1-7(10(13)14)16-3-4/h1,3,6H,2H2,(H,11,12). The summed E-state index contributed by atoms with van der Waals surface area (Å²) in [4.78, 5) is 25.2. The Labute approximate surface area is 93.1 Å². The molecule has 1 aliphatic rings. The van der Waals surface area contributed by atoms with Gasteiger partial charge in [-0.25, -0.2) is 4.79 Å². The molecule has 1 atom stereocenters. The minimum absolute atomic E-state index is 0.00326. The minimum Gasteiger partial charge on any atom is -0.478 e. The maximum absolute atomic E-state index is 10.6. The second-order valence-electron chi connectivity index (χ2n) is 3.11. The Kier molecular flexibility index (Phi) is 2.57. The SMILES string of the molecule is O=C(O)C1CC(c2csc([N+](=O)[O-])c2)=NO1. The molecule has 0 amide bonds. The van der Waals surface area contributed by atoms with E-state index in [1.165, 1.54) is 6.07 Å². The van der Waals surface area contributed by atoms with E-state index in [2.05, 4.69) is 9.99 Å². The number of hydrogen-bond donors (Lipinski definition) is 1. The molecule has 0 spiro atoms. The fraction of sp³-hybridized carbons (Fsp3) is 0.250. The second kappa shape index (κ2) is 3.89. The van der Waals surface area contributed by atoms with Crippen LogP contribution in [-0.2, 0) is 9.63 Å². The van der Waals surface area contributed by atoms with Crippen LogP contribution < -0.4 is 0 Å². The molecule has 0 saturated heterocycles. The van der Waals surface area contributed by atoms with Crippen molar-refractivity contribution in [3.05, 3.63) is 27.1 Å². The van der Waals surface area contributed by atoms with Crippen molar-refractivity contribution in [3.63, 3.8) is 0 Å². The molecule has 16 heavy (non-hydrogen) atoms. The molecule has 0 saturated carbocycles. The first-order chi connectivity index (χ1) is 7.58. The van der Waals surface area contributed by atoms with Crippen LogP contribution in [0.25, 0.3) is 0 Å². The Morgan fingerprint density at radius 1 is 1.75 bits per heavy atom. The number of rotatable bonds is 3. The van der Waals surface area contributed by atoms with Gasteiger partial charge in [0.05, 0.1) is 10.6 Å². The Balaban J connectivity index is 2.14. The average Bonchev–Trinajstić information content (AvgIpc) is 2.86. The van der Waals surface area contributed by atoms with Gasteiger partial charge < -0.3 is 9.94 Å². The summed E-state index contributed by atoms with van der Waals surface area (Å²) in [5.74, 6) is -1.09. The monoisotopic (exact) mass is 242 g/mol. The zero-order valence-electron chi connectivity index (χ0n) is 7.82. The number of carboxylic acid groups (broad SMARTS) is 1. The first-order valence-electron chi connectivity index (χ1n) is 4.26. The van der Waals surface area contributed by atoms with Crippen molar-refractivity contribution in [2.24, 2.45) is 5.16 Å². The summed E-state index contributed by atoms with van der Waals surface area (Å²) in [5, 5.41) is 24.3. The molecule has 0 bridgehead atoms. The van der Waals surface area contributed by atoms with Crippen LogP contribution in [0.15, 0.2) is 16.6 Å². The molecule has 0 fully saturated rings. The van der Waals surface area contributed by atoms with Gasteiger partial charge in [0.1, 0.15) is 0 Å². The van der Waals surface area contributed by atoms with E-state index in [-0.39, 0.29) is 11.4 Å². The van der Waals surface area contributed by atoms with E-state index in [4.69, 9.17) is 5.11 Å². The first-order valence-corrected chi connectivity index (χ1v) is 5.14. The topological polar surface area (TPSA) is 102 Å². The van der Waals surface area contributed by atoms with Gasteiger partial charge in [0.25, 0.3) is 0 Å². The summed E-state index contributed by atoms with van der Waals surface area (Å²) in [7, 11) is 0. The lowest BCUT2D eigenvalue weighted by molar-refractivity contribution is -0.380. The fourth-order valence-electron chi connectivity index (χ4n) is 1.25. The minimum atomic E-state index is -1.09. The summed E-state index contributed by atoms with van der Waals surface area (Å²) in [6.45, 7) is 0. The second-order valence-corrected chi connectivity index (χ2v) is 3.99.